The molecular weight excluding hydrogens is 238 g/mol. The Bertz CT molecular complexity index is 306. The molecule has 0 aliphatic carbocycles. The Morgan fingerprint density at radius 1 is 1.26 bits per heavy atom. The molecule has 110 valence electrons. The number of carboxylic acids is 1. The van der Waals surface area contributed by atoms with E-state index in [2.05, 4.69) is 19.2 Å². The molecule has 0 aliphatic rings. The van der Waals surface area contributed by atoms with Crippen LogP contribution in [0.15, 0.2) is 17.9 Å². The van der Waals surface area contributed by atoms with Gasteiger partial charge in [-0.05, 0) is 25.3 Å². The number of carboxylic acid groups (broad SMARTS) is 1. The van der Waals surface area contributed by atoms with Crippen LogP contribution in [0, 0.1) is 5.92 Å². The molecule has 2 unspecified atom stereocenters. The summed E-state index contributed by atoms with van der Waals surface area (Å²) in [6.45, 7) is 7.59. The van der Waals surface area contributed by atoms with Crippen LogP contribution in [0.2, 0.25) is 0 Å². The molecule has 3 N–H and O–H groups in total. The predicted octanol–water partition coefficient (Wildman–Crippen LogP) is 3.89. The van der Waals surface area contributed by atoms with E-state index in [-0.39, 0.29) is 12.0 Å². The smallest absolute Gasteiger partial charge is 0.306 e. The van der Waals surface area contributed by atoms with Crippen LogP contribution < -0.4 is 5.73 Å². The fraction of sp³-hybridized carbons (Fsp3) is 0.750. The lowest BCUT2D eigenvalue weighted by Gasteiger charge is -2.17. The maximum atomic E-state index is 11.2. The summed E-state index contributed by atoms with van der Waals surface area (Å²) in [5, 5.41) is 9.22. The van der Waals surface area contributed by atoms with Gasteiger partial charge < -0.3 is 10.8 Å². The summed E-state index contributed by atoms with van der Waals surface area (Å²) in [7, 11) is 0. The maximum absolute atomic E-state index is 11.2. The number of hydrogen-bond acceptors (Lipinski definition) is 2. The maximum Gasteiger partial charge on any atom is 0.306 e. The summed E-state index contributed by atoms with van der Waals surface area (Å²) in [6.07, 6.45) is 8.28. The molecule has 2 atom stereocenters. The van der Waals surface area contributed by atoms with Gasteiger partial charge in [0.05, 0.1) is 5.92 Å². The molecule has 0 saturated heterocycles. The first-order valence-electron chi connectivity index (χ1n) is 7.37. The van der Waals surface area contributed by atoms with Crippen molar-refractivity contribution in [1.82, 2.24) is 0 Å². The second kappa shape index (κ2) is 10.8. The van der Waals surface area contributed by atoms with Crippen molar-refractivity contribution in [2.75, 3.05) is 0 Å². The summed E-state index contributed by atoms with van der Waals surface area (Å²) >= 11 is 0. The molecule has 0 aromatic heterocycles. The zero-order chi connectivity index (χ0) is 14.7. The molecule has 0 bridgehead atoms. The Kier molecular flexibility index (Phi) is 10.2. The van der Waals surface area contributed by atoms with E-state index in [0.717, 1.165) is 24.8 Å². The van der Waals surface area contributed by atoms with E-state index in [1.54, 1.807) is 0 Å². The molecule has 0 saturated carbocycles. The summed E-state index contributed by atoms with van der Waals surface area (Å²) < 4.78 is 0. The van der Waals surface area contributed by atoms with Crippen LogP contribution in [0.25, 0.3) is 0 Å². The molecular formula is C16H29NO2. The highest BCUT2D eigenvalue weighted by Crippen LogP contribution is 2.19. The van der Waals surface area contributed by atoms with E-state index in [9.17, 15) is 9.90 Å². The van der Waals surface area contributed by atoms with Crippen molar-refractivity contribution in [2.45, 2.75) is 71.3 Å². The van der Waals surface area contributed by atoms with E-state index in [1.165, 1.54) is 25.7 Å². The topological polar surface area (TPSA) is 63.3 Å². The molecule has 0 aliphatic heterocycles. The number of hydrogen-bond donors (Lipinski definition) is 2. The van der Waals surface area contributed by atoms with E-state index in [1.807, 2.05) is 6.92 Å². The fourth-order valence-corrected chi connectivity index (χ4v) is 2.13. The number of nitrogens with two attached hydrogens (primary N) is 1. The number of carbonyl (C=O) groups is 1. The summed E-state index contributed by atoms with van der Waals surface area (Å²) in [5.41, 5.74) is 9.52. The highest BCUT2D eigenvalue weighted by Gasteiger charge is 2.20. The second-order valence-electron chi connectivity index (χ2n) is 5.29. The molecule has 19 heavy (non-hydrogen) atoms. The molecule has 0 rings (SSSR count). The van der Waals surface area contributed by atoms with Gasteiger partial charge in [-0.15, -0.1) is 5.73 Å². The lowest BCUT2D eigenvalue weighted by atomic mass is 9.91. The Morgan fingerprint density at radius 2 is 1.84 bits per heavy atom. The minimum atomic E-state index is -0.735. The number of unbranched alkanes of at least 4 members (excludes halogenated alkanes) is 5. The Hall–Kier alpha value is -1.05. The molecule has 3 nitrogen and oxygen atoms in total. The molecule has 0 spiro atoms. The van der Waals surface area contributed by atoms with Crippen molar-refractivity contribution in [3.05, 3.63) is 17.9 Å². The minimum Gasteiger partial charge on any atom is -0.481 e. The van der Waals surface area contributed by atoms with Crippen LogP contribution >= 0.6 is 0 Å². The first-order valence-corrected chi connectivity index (χ1v) is 7.37. The van der Waals surface area contributed by atoms with Crippen LogP contribution in [0.1, 0.15) is 65.2 Å². The van der Waals surface area contributed by atoms with Crippen LogP contribution in [-0.2, 0) is 4.79 Å². The highest BCUT2D eigenvalue weighted by atomic mass is 16.4. The van der Waals surface area contributed by atoms with Gasteiger partial charge in [0.2, 0.25) is 0 Å². The van der Waals surface area contributed by atoms with Crippen molar-refractivity contribution < 1.29 is 9.90 Å². The van der Waals surface area contributed by atoms with E-state index in [0.29, 0.717) is 6.42 Å². The first kappa shape index (κ1) is 17.9. The summed E-state index contributed by atoms with van der Waals surface area (Å²) in [4.78, 5) is 11.2. The number of rotatable bonds is 11. The van der Waals surface area contributed by atoms with Crippen molar-refractivity contribution >= 4 is 5.97 Å². The Labute approximate surface area is 117 Å². The van der Waals surface area contributed by atoms with Gasteiger partial charge in [-0.1, -0.05) is 52.0 Å². The van der Waals surface area contributed by atoms with E-state index < -0.39 is 5.97 Å². The molecule has 0 amide bonds. The third kappa shape index (κ3) is 8.63. The largest absolute Gasteiger partial charge is 0.481 e. The average molecular weight is 267 g/mol. The van der Waals surface area contributed by atoms with Crippen LogP contribution in [0.4, 0.5) is 0 Å². The fourth-order valence-electron chi connectivity index (χ4n) is 2.13. The first-order chi connectivity index (χ1) is 9.02. The van der Waals surface area contributed by atoms with Crippen molar-refractivity contribution in [3.63, 3.8) is 0 Å². The third-order valence-electron chi connectivity index (χ3n) is 3.63. The molecule has 3 heteroatoms. The predicted molar refractivity (Wildman–Crippen MR) is 80.0 cm³/mol. The van der Waals surface area contributed by atoms with Crippen LogP contribution in [0.5, 0.6) is 0 Å². The molecule has 0 heterocycles. The van der Waals surface area contributed by atoms with Crippen molar-refractivity contribution in [2.24, 2.45) is 11.7 Å². The van der Waals surface area contributed by atoms with Crippen LogP contribution in [-0.4, -0.2) is 17.1 Å². The molecule has 0 aromatic rings. The highest BCUT2D eigenvalue weighted by molar-refractivity contribution is 5.70. The zero-order valence-electron chi connectivity index (χ0n) is 12.5. The monoisotopic (exact) mass is 267 g/mol. The van der Waals surface area contributed by atoms with Gasteiger partial charge in [0, 0.05) is 6.04 Å². The standard InChI is InChI=1S/C16H29NO2/c1-4-6-7-8-9-10-11-14(16(18)19)12-15(17)13(3)5-2/h14-15H,2,4,6-12,17H2,1,3H3,(H,18,19). The van der Waals surface area contributed by atoms with Crippen LogP contribution in [0.3, 0.4) is 0 Å². The van der Waals surface area contributed by atoms with Gasteiger partial charge in [0.1, 0.15) is 0 Å². The average Bonchev–Trinajstić information content (AvgIpc) is 2.39. The quantitative estimate of drug-likeness (QED) is 0.441. The summed E-state index contributed by atoms with van der Waals surface area (Å²) in [5.74, 6) is -1.08. The normalized spacial score (nSPS) is 13.6. The van der Waals surface area contributed by atoms with Crippen molar-refractivity contribution in [3.8, 4) is 0 Å². The Balaban J connectivity index is 4.00. The van der Waals surface area contributed by atoms with Gasteiger partial charge >= 0.3 is 5.97 Å². The van der Waals surface area contributed by atoms with Gasteiger partial charge in [0.25, 0.3) is 0 Å². The third-order valence-corrected chi connectivity index (χ3v) is 3.63. The summed E-state index contributed by atoms with van der Waals surface area (Å²) in [6, 6.07) is -0.237. The van der Waals surface area contributed by atoms with E-state index >= 15 is 0 Å². The van der Waals surface area contributed by atoms with Gasteiger partial charge in [-0.25, -0.2) is 0 Å². The second-order valence-corrected chi connectivity index (χ2v) is 5.29. The lowest BCUT2D eigenvalue weighted by molar-refractivity contribution is -0.142. The van der Waals surface area contributed by atoms with Gasteiger partial charge in [-0.3, -0.25) is 4.79 Å². The SMILES string of the molecule is C=C=C(C)C(N)CC(CCCCCCCC)C(=O)O. The Morgan fingerprint density at radius 3 is 2.37 bits per heavy atom. The van der Waals surface area contributed by atoms with E-state index in [4.69, 9.17) is 5.73 Å². The van der Waals surface area contributed by atoms with Crippen molar-refractivity contribution in [1.29, 1.82) is 0 Å². The molecule has 0 radical (unpaired) electrons. The molecule has 0 aromatic carbocycles. The minimum absolute atomic E-state index is 0.237. The zero-order valence-corrected chi connectivity index (χ0v) is 12.5. The molecule has 0 fully saturated rings. The van der Waals surface area contributed by atoms with Gasteiger partial charge in [-0.2, -0.15) is 0 Å². The van der Waals surface area contributed by atoms with Gasteiger partial charge in [0.15, 0.2) is 0 Å². The lowest BCUT2D eigenvalue weighted by Crippen LogP contribution is -2.28. The number of aliphatic carboxylic acids is 1.